The number of carbonyl (C=O) groups excluding carboxylic acids is 1. The Bertz CT molecular complexity index is 1250. The van der Waals surface area contributed by atoms with E-state index in [2.05, 4.69) is 10.9 Å². The van der Waals surface area contributed by atoms with Gasteiger partial charge in [-0.1, -0.05) is 36.4 Å². The summed E-state index contributed by atoms with van der Waals surface area (Å²) in [6.45, 7) is 0.322. The van der Waals surface area contributed by atoms with E-state index in [0.29, 0.717) is 12.2 Å². The van der Waals surface area contributed by atoms with Gasteiger partial charge in [-0.25, -0.2) is 0 Å². The molecule has 144 valence electrons. The Kier molecular flexibility index (Phi) is 6.16. The van der Waals surface area contributed by atoms with E-state index in [-0.39, 0.29) is 22.8 Å². The molecule has 0 fully saturated rings. The number of para-hydroxylation sites is 1. The van der Waals surface area contributed by atoms with Gasteiger partial charge in [0.2, 0.25) is 6.54 Å². The Morgan fingerprint density at radius 3 is 2.62 bits per heavy atom. The Morgan fingerprint density at radius 1 is 1.14 bits per heavy atom. The predicted molar refractivity (Wildman–Crippen MR) is 111 cm³/mol. The van der Waals surface area contributed by atoms with Crippen LogP contribution in [0.3, 0.4) is 0 Å². The molecular formula is C24H19BrN2O2. The summed E-state index contributed by atoms with van der Waals surface area (Å²) in [6, 6.07) is 17.5. The lowest BCUT2D eigenvalue weighted by molar-refractivity contribution is -0.685. The number of ether oxygens (including phenoxy) is 1. The van der Waals surface area contributed by atoms with Gasteiger partial charge in [-0.15, -0.1) is 6.42 Å². The number of H-pyrrole nitrogens is 1. The van der Waals surface area contributed by atoms with Crippen LogP contribution in [0.15, 0.2) is 66.9 Å². The monoisotopic (exact) mass is 446 g/mol. The zero-order chi connectivity index (χ0) is 19.5. The van der Waals surface area contributed by atoms with Crippen LogP contribution in [0.2, 0.25) is 0 Å². The number of methoxy groups -OCH3 is 1. The molecule has 0 bridgehead atoms. The first-order chi connectivity index (χ1) is 13.7. The van der Waals surface area contributed by atoms with Gasteiger partial charge in [-0.05, 0) is 35.8 Å². The maximum absolute atomic E-state index is 13.1. The highest BCUT2D eigenvalue weighted by molar-refractivity contribution is 6.16. The van der Waals surface area contributed by atoms with Crippen molar-refractivity contribution >= 4 is 33.7 Å². The second-order valence-electron chi connectivity index (χ2n) is 6.43. The summed E-state index contributed by atoms with van der Waals surface area (Å²) in [4.78, 5) is 16.5. The van der Waals surface area contributed by atoms with E-state index in [9.17, 15) is 4.79 Å². The van der Waals surface area contributed by atoms with Gasteiger partial charge in [0, 0.05) is 22.4 Å². The van der Waals surface area contributed by atoms with Crippen molar-refractivity contribution in [3.63, 3.8) is 0 Å². The number of fused-ring (bicyclic) bond motifs is 3. The van der Waals surface area contributed by atoms with Gasteiger partial charge in [0.1, 0.15) is 11.3 Å². The van der Waals surface area contributed by atoms with Crippen molar-refractivity contribution in [3.8, 4) is 18.1 Å². The highest BCUT2D eigenvalue weighted by atomic mass is 79.9. The highest BCUT2D eigenvalue weighted by Gasteiger charge is 2.23. The van der Waals surface area contributed by atoms with Gasteiger partial charge < -0.3 is 26.7 Å². The number of hydrogen-bond donors (Lipinski definition) is 1. The molecule has 4 aromatic rings. The van der Waals surface area contributed by atoms with E-state index in [1.807, 2.05) is 60.8 Å². The number of pyridine rings is 1. The molecule has 2 aromatic heterocycles. The molecular weight excluding hydrogens is 428 g/mol. The number of hydrogen-bond acceptors (Lipinski definition) is 2. The van der Waals surface area contributed by atoms with E-state index in [1.54, 1.807) is 23.8 Å². The Morgan fingerprint density at radius 2 is 1.90 bits per heavy atom. The second kappa shape index (κ2) is 8.76. The number of nitrogens with zero attached hydrogens (tertiary/aromatic N) is 1. The molecule has 1 N–H and O–H groups in total. The number of nitrogens with one attached hydrogen (secondary N) is 1. The van der Waals surface area contributed by atoms with Crippen LogP contribution in [-0.4, -0.2) is 17.9 Å². The van der Waals surface area contributed by atoms with Crippen molar-refractivity contribution in [1.29, 1.82) is 0 Å². The summed E-state index contributed by atoms with van der Waals surface area (Å²) in [7, 11) is 1.62. The second-order valence-corrected chi connectivity index (χ2v) is 6.43. The third-order valence-corrected chi connectivity index (χ3v) is 4.73. The van der Waals surface area contributed by atoms with Crippen LogP contribution < -0.4 is 26.3 Å². The Hall–Kier alpha value is -3.36. The molecule has 5 heteroatoms. The zero-order valence-corrected chi connectivity index (χ0v) is 17.4. The van der Waals surface area contributed by atoms with Crippen LogP contribution in [-0.2, 0) is 6.54 Å². The minimum atomic E-state index is -0.108. The number of halogens is 1. The minimum absolute atomic E-state index is 0. The van der Waals surface area contributed by atoms with Crippen LogP contribution >= 0.6 is 0 Å². The van der Waals surface area contributed by atoms with Gasteiger partial charge in [0.15, 0.2) is 6.20 Å². The van der Waals surface area contributed by atoms with Gasteiger partial charge >= 0.3 is 0 Å². The Labute approximate surface area is 179 Å². The molecule has 0 atom stereocenters. The molecule has 0 radical (unpaired) electrons. The van der Waals surface area contributed by atoms with Crippen LogP contribution in [0.4, 0.5) is 0 Å². The summed E-state index contributed by atoms with van der Waals surface area (Å²) in [5.74, 6) is 3.29. The molecule has 0 saturated carbocycles. The number of carbonyl (C=O) groups is 1. The lowest BCUT2D eigenvalue weighted by Crippen LogP contribution is -3.00. The van der Waals surface area contributed by atoms with E-state index in [4.69, 9.17) is 11.2 Å². The van der Waals surface area contributed by atoms with E-state index in [1.165, 1.54) is 0 Å². The van der Waals surface area contributed by atoms with Gasteiger partial charge in [0.05, 0.1) is 7.11 Å². The molecule has 0 aliphatic heterocycles. The number of allylic oxidation sites excluding steroid dienone is 1. The van der Waals surface area contributed by atoms with E-state index in [0.717, 1.165) is 33.1 Å². The van der Waals surface area contributed by atoms with Crippen molar-refractivity contribution in [2.75, 3.05) is 7.11 Å². The van der Waals surface area contributed by atoms with Crippen molar-refractivity contribution in [1.82, 2.24) is 4.98 Å². The Balaban J connectivity index is 0.00000240. The van der Waals surface area contributed by atoms with Crippen LogP contribution in [0, 0.1) is 12.3 Å². The molecule has 0 aliphatic rings. The topological polar surface area (TPSA) is 46.0 Å². The molecule has 2 heterocycles. The quantitative estimate of drug-likeness (QED) is 0.216. The standard InChI is InChI=1S/C24H18N2O2.BrH/c1-3-15-26-16-14-20-19-6-4-5-7-21(19)25-23(20)24(26)22(27)13-10-17-8-11-18(28-2)12-9-17;/h1,4-14,16H,15H2,2H3;1H/b13-10+;. The number of aromatic amines is 1. The number of ketones is 1. The number of terminal acetylenes is 1. The zero-order valence-electron chi connectivity index (χ0n) is 15.9. The van der Waals surface area contributed by atoms with Gasteiger partial charge in [-0.3, -0.25) is 4.79 Å². The van der Waals surface area contributed by atoms with Crippen molar-refractivity contribution in [2.45, 2.75) is 6.54 Å². The fourth-order valence-electron chi connectivity index (χ4n) is 3.37. The highest BCUT2D eigenvalue weighted by Crippen LogP contribution is 2.26. The molecule has 29 heavy (non-hydrogen) atoms. The lowest BCUT2D eigenvalue weighted by Gasteiger charge is -2.01. The molecule has 0 aliphatic carbocycles. The molecule has 0 saturated heterocycles. The van der Waals surface area contributed by atoms with Crippen LogP contribution in [0.1, 0.15) is 16.1 Å². The fourth-order valence-corrected chi connectivity index (χ4v) is 3.37. The van der Waals surface area contributed by atoms with E-state index >= 15 is 0 Å². The van der Waals surface area contributed by atoms with Crippen molar-refractivity contribution in [2.24, 2.45) is 0 Å². The maximum Gasteiger partial charge on any atom is 0.278 e. The van der Waals surface area contributed by atoms with Crippen LogP contribution in [0.5, 0.6) is 5.75 Å². The number of aromatic nitrogens is 2. The smallest absolute Gasteiger partial charge is 0.278 e. The average Bonchev–Trinajstić information content (AvgIpc) is 3.11. The fraction of sp³-hybridized carbons (Fsp3) is 0.0833. The molecule has 0 unspecified atom stereocenters. The summed E-state index contributed by atoms with van der Waals surface area (Å²) in [5.41, 5.74) is 3.25. The number of rotatable bonds is 5. The lowest BCUT2D eigenvalue weighted by atomic mass is 10.1. The molecule has 4 rings (SSSR count). The summed E-state index contributed by atoms with van der Waals surface area (Å²) in [5, 5.41) is 2.09. The van der Waals surface area contributed by atoms with Crippen molar-refractivity contribution in [3.05, 3.63) is 78.1 Å². The van der Waals surface area contributed by atoms with Gasteiger partial charge in [-0.2, -0.15) is 4.57 Å². The molecule has 0 amide bonds. The average molecular weight is 447 g/mol. The third kappa shape index (κ3) is 3.94. The maximum atomic E-state index is 13.1. The molecule has 0 spiro atoms. The molecule has 2 aromatic carbocycles. The van der Waals surface area contributed by atoms with E-state index < -0.39 is 0 Å². The SMILES string of the molecule is C#CC[n+]1ccc2c([nH]c3ccccc32)c1C(=O)/C=C/c1ccc(OC)cc1.[Br-]. The first kappa shape index (κ1) is 20.4. The largest absolute Gasteiger partial charge is 1.00 e. The third-order valence-electron chi connectivity index (χ3n) is 4.73. The summed E-state index contributed by atoms with van der Waals surface area (Å²) in [6.07, 6.45) is 10.8. The first-order valence-electron chi connectivity index (χ1n) is 8.94. The normalized spacial score (nSPS) is 10.8. The van der Waals surface area contributed by atoms with Crippen LogP contribution in [0.25, 0.3) is 27.9 Å². The first-order valence-corrected chi connectivity index (χ1v) is 8.94. The minimum Gasteiger partial charge on any atom is -1.00 e. The van der Waals surface area contributed by atoms with Crippen molar-refractivity contribution < 1.29 is 31.1 Å². The summed E-state index contributed by atoms with van der Waals surface area (Å²) < 4.78 is 6.97. The number of benzene rings is 2. The van der Waals surface area contributed by atoms with Gasteiger partial charge in [0.25, 0.3) is 11.5 Å². The molecule has 4 nitrogen and oxygen atoms in total. The summed E-state index contributed by atoms with van der Waals surface area (Å²) >= 11 is 0. The predicted octanol–water partition coefficient (Wildman–Crippen LogP) is 1.15.